The van der Waals surface area contributed by atoms with E-state index in [2.05, 4.69) is 17.5 Å². The molecule has 0 amide bonds. The Hall–Kier alpha value is -0.790. The monoisotopic (exact) mass is 181 g/mol. The Morgan fingerprint density at radius 2 is 2.33 bits per heavy atom. The third-order valence-electron chi connectivity index (χ3n) is 1.81. The van der Waals surface area contributed by atoms with Gasteiger partial charge >= 0.3 is 0 Å². The first-order chi connectivity index (χ1) is 5.77. The lowest BCUT2D eigenvalue weighted by Crippen LogP contribution is -2.06. The lowest BCUT2D eigenvalue weighted by atomic mass is 10.1. The van der Waals surface area contributed by atoms with E-state index >= 15 is 0 Å². The predicted octanol–water partition coefficient (Wildman–Crippen LogP) is 3.13. The molecule has 0 bridgehead atoms. The molecule has 1 aromatic carbocycles. The van der Waals surface area contributed by atoms with E-state index in [1.54, 1.807) is 0 Å². The number of halogens is 1. The van der Waals surface area contributed by atoms with Gasteiger partial charge in [0.05, 0.1) is 0 Å². The lowest BCUT2D eigenvalue weighted by Gasteiger charge is -2.08. The summed E-state index contributed by atoms with van der Waals surface area (Å²) in [5, 5.41) is 0. The molecule has 2 heteroatoms. The van der Waals surface area contributed by atoms with Gasteiger partial charge in [-0.3, -0.25) is 0 Å². The van der Waals surface area contributed by atoms with Crippen molar-refractivity contribution in [3.8, 4) is 0 Å². The van der Waals surface area contributed by atoms with E-state index in [4.69, 9.17) is 11.8 Å². The van der Waals surface area contributed by atoms with Gasteiger partial charge < -0.3 is 0 Å². The Kier molecular flexibility index (Phi) is 3.32. The maximum absolute atomic E-state index is 5.51. The van der Waals surface area contributed by atoms with Crippen molar-refractivity contribution >= 4 is 17.9 Å². The maximum Gasteiger partial charge on any atom is 0.0442 e. The van der Waals surface area contributed by atoms with Gasteiger partial charge in [-0.15, -0.1) is 0 Å². The summed E-state index contributed by atoms with van der Waals surface area (Å²) in [5.74, 6) is 0. The average Bonchev–Trinajstić information content (AvgIpc) is 2.17. The van der Waals surface area contributed by atoms with Crippen LogP contribution in [0, 0.1) is 0 Å². The fourth-order valence-electron chi connectivity index (χ4n) is 1.02. The average molecular weight is 182 g/mol. The van der Waals surface area contributed by atoms with Crippen molar-refractivity contribution in [2.45, 2.75) is 13.0 Å². The number of rotatable bonds is 3. The molecule has 0 heterocycles. The molecule has 0 saturated heterocycles. The molecule has 0 radical (unpaired) electrons. The normalized spacial score (nSPS) is 12.5. The van der Waals surface area contributed by atoms with Gasteiger partial charge in [0.25, 0.3) is 0 Å². The summed E-state index contributed by atoms with van der Waals surface area (Å²) in [6, 6.07) is 8.28. The van der Waals surface area contributed by atoms with E-state index in [0.29, 0.717) is 0 Å². The van der Waals surface area contributed by atoms with Crippen LogP contribution in [0.2, 0.25) is 0 Å². The van der Waals surface area contributed by atoms with Crippen molar-refractivity contribution in [2.24, 2.45) is 0 Å². The van der Waals surface area contributed by atoms with Gasteiger partial charge in [-0.1, -0.05) is 36.9 Å². The molecule has 1 atom stereocenters. The molecule has 1 rings (SSSR count). The number of hydrogen-bond acceptors (Lipinski definition) is 1. The van der Waals surface area contributed by atoms with Crippen molar-refractivity contribution < 1.29 is 0 Å². The largest absolute Gasteiger partial charge is 0.226 e. The number of nitrogens with one attached hydrogen (secondary N) is 1. The molecule has 0 saturated carbocycles. The Bertz CT molecular complexity index is 270. The summed E-state index contributed by atoms with van der Waals surface area (Å²) in [6.07, 6.45) is 1.82. The minimum atomic E-state index is 0.173. The van der Waals surface area contributed by atoms with Gasteiger partial charge in [0, 0.05) is 6.04 Å². The second-order valence-corrected chi connectivity index (χ2v) is 2.92. The smallest absolute Gasteiger partial charge is 0.0442 e. The van der Waals surface area contributed by atoms with E-state index < -0.39 is 0 Å². The van der Waals surface area contributed by atoms with Crippen molar-refractivity contribution in [1.82, 2.24) is 4.84 Å². The first-order valence-electron chi connectivity index (χ1n) is 3.86. The van der Waals surface area contributed by atoms with Gasteiger partial charge in [0.1, 0.15) is 0 Å². The minimum Gasteiger partial charge on any atom is -0.226 e. The molecule has 1 N–H and O–H groups in total. The Balaban J connectivity index is 2.93. The maximum atomic E-state index is 5.51. The summed E-state index contributed by atoms with van der Waals surface area (Å²) in [5.41, 5.74) is 2.29. The predicted molar refractivity (Wildman–Crippen MR) is 53.9 cm³/mol. The summed E-state index contributed by atoms with van der Waals surface area (Å²) in [6.45, 7) is 5.71. The topological polar surface area (TPSA) is 12.0 Å². The Labute approximate surface area is 78.2 Å². The lowest BCUT2D eigenvalue weighted by molar-refractivity contribution is 0.745. The van der Waals surface area contributed by atoms with Crippen LogP contribution in [0.25, 0.3) is 6.08 Å². The van der Waals surface area contributed by atoms with Crippen LogP contribution in [0.4, 0.5) is 0 Å². The molecule has 64 valence electrons. The summed E-state index contributed by atoms with van der Waals surface area (Å²) >= 11 is 5.51. The van der Waals surface area contributed by atoms with E-state index in [9.17, 15) is 0 Å². The van der Waals surface area contributed by atoms with Crippen molar-refractivity contribution in [1.29, 1.82) is 0 Å². The van der Waals surface area contributed by atoms with Crippen LogP contribution in [0.5, 0.6) is 0 Å². The van der Waals surface area contributed by atoms with Crippen LogP contribution >= 0.6 is 11.8 Å². The van der Waals surface area contributed by atoms with Crippen LogP contribution < -0.4 is 4.84 Å². The molecule has 1 aromatic rings. The van der Waals surface area contributed by atoms with Crippen molar-refractivity contribution in [2.75, 3.05) is 0 Å². The molecular formula is C10H12ClN. The fourth-order valence-corrected chi connectivity index (χ4v) is 1.14. The fraction of sp³-hybridized carbons (Fsp3) is 0.200. The molecule has 0 spiro atoms. The molecule has 12 heavy (non-hydrogen) atoms. The first-order valence-corrected chi connectivity index (χ1v) is 4.24. The van der Waals surface area contributed by atoms with Gasteiger partial charge in [-0.2, -0.15) is 0 Å². The standard InChI is InChI=1S/C10H12ClN/c1-3-9-5-4-6-10(7-9)8(2)12-11/h3-8,12H,1H2,2H3/t8-/m1/s1. The van der Waals surface area contributed by atoms with Gasteiger partial charge in [0.2, 0.25) is 0 Å². The van der Waals surface area contributed by atoms with E-state index in [1.807, 2.05) is 31.2 Å². The van der Waals surface area contributed by atoms with Crippen LogP contribution in [-0.4, -0.2) is 0 Å². The number of benzene rings is 1. The van der Waals surface area contributed by atoms with Crippen LogP contribution in [0.1, 0.15) is 24.1 Å². The SMILES string of the molecule is C=Cc1cccc([C@@H](C)NCl)c1. The molecule has 1 nitrogen and oxygen atoms in total. The molecule has 0 fully saturated rings. The molecule has 0 aromatic heterocycles. The van der Waals surface area contributed by atoms with Crippen LogP contribution in [0.3, 0.4) is 0 Å². The zero-order valence-corrected chi connectivity index (χ0v) is 7.81. The van der Waals surface area contributed by atoms with Gasteiger partial charge in [-0.05, 0) is 29.8 Å². The van der Waals surface area contributed by atoms with E-state index in [1.165, 1.54) is 5.56 Å². The molecule has 0 aliphatic carbocycles. The summed E-state index contributed by atoms with van der Waals surface area (Å²) in [7, 11) is 0. The highest BCUT2D eigenvalue weighted by molar-refractivity contribution is 6.13. The van der Waals surface area contributed by atoms with Crippen molar-refractivity contribution in [3.63, 3.8) is 0 Å². The third kappa shape index (κ3) is 2.10. The van der Waals surface area contributed by atoms with E-state index in [-0.39, 0.29) is 6.04 Å². The first kappa shape index (κ1) is 9.30. The second kappa shape index (κ2) is 4.29. The van der Waals surface area contributed by atoms with E-state index in [0.717, 1.165) is 5.56 Å². The molecule has 0 aliphatic heterocycles. The zero-order valence-electron chi connectivity index (χ0n) is 7.05. The van der Waals surface area contributed by atoms with Gasteiger partial charge in [0.15, 0.2) is 0 Å². The zero-order chi connectivity index (χ0) is 8.97. The van der Waals surface area contributed by atoms with Crippen LogP contribution in [-0.2, 0) is 0 Å². The van der Waals surface area contributed by atoms with Crippen molar-refractivity contribution in [3.05, 3.63) is 42.0 Å². The van der Waals surface area contributed by atoms with Gasteiger partial charge in [-0.25, -0.2) is 4.84 Å². The quantitative estimate of drug-likeness (QED) is 0.707. The highest BCUT2D eigenvalue weighted by Crippen LogP contribution is 2.14. The minimum absolute atomic E-state index is 0.173. The third-order valence-corrected chi connectivity index (χ3v) is 2.14. The summed E-state index contributed by atoms with van der Waals surface area (Å²) < 4.78 is 0. The Morgan fingerprint density at radius 3 is 2.92 bits per heavy atom. The molecule has 0 aliphatic rings. The molecular weight excluding hydrogens is 170 g/mol. The second-order valence-electron chi connectivity index (χ2n) is 2.71. The number of hydrogen-bond donors (Lipinski definition) is 1. The summed E-state index contributed by atoms with van der Waals surface area (Å²) in [4.78, 5) is 2.67. The highest BCUT2D eigenvalue weighted by atomic mass is 35.5. The highest BCUT2D eigenvalue weighted by Gasteiger charge is 2.01. The molecule has 0 unspecified atom stereocenters. The Morgan fingerprint density at radius 1 is 1.58 bits per heavy atom. The van der Waals surface area contributed by atoms with Crippen LogP contribution in [0.15, 0.2) is 30.8 Å².